The van der Waals surface area contributed by atoms with Crippen LogP contribution in [0.3, 0.4) is 0 Å². The number of aromatic nitrogens is 1. The van der Waals surface area contributed by atoms with E-state index in [0.29, 0.717) is 0 Å². The second-order valence-electron chi connectivity index (χ2n) is 4.57. The van der Waals surface area contributed by atoms with Gasteiger partial charge in [-0.25, -0.2) is 0 Å². The lowest BCUT2D eigenvalue weighted by Crippen LogP contribution is -2.56. The van der Waals surface area contributed by atoms with E-state index >= 15 is 0 Å². The first-order valence-electron chi connectivity index (χ1n) is 4.98. The average molecular weight is 195 g/mol. The third-order valence-electron chi connectivity index (χ3n) is 2.48. The molecule has 1 aliphatic heterocycles. The number of hydrogen-bond donors (Lipinski definition) is 2. The highest BCUT2D eigenvalue weighted by molar-refractivity contribution is 5.11. The summed E-state index contributed by atoms with van der Waals surface area (Å²) in [6.45, 7) is 8.17. The summed E-state index contributed by atoms with van der Waals surface area (Å²) in [6, 6.07) is 2.25. The number of hydrogen-bond acceptors (Lipinski definition) is 4. The molecule has 0 aromatic carbocycles. The highest BCUT2D eigenvalue weighted by Crippen LogP contribution is 2.19. The molecule has 0 aliphatic carbocycles. The summed E-state index contributed by atoms with van der Waals surface area (Å²) in [5, 5.41) is 11.0. The van der Waals surface area contributed by atoms with Gasteiger partial charge < -0.3 is 15.2 Å². The van der Waals surface area contributed by atoms with Crippen LogP contribution in [0.1, 0.15) is 31.3 Å². The molecule has 14 heavy (non-hydrogen) atoms. The predicted molar refractivity (Wildman–Crippen MR) is 54.1 cm³/mol. The van der Waals surface area contributed by atoms with Gasteiger partial charge in [-0.3, -0.25) is 0 Å². The van der Waals surface area contributed by atoms with Crippen LogP contribution in [0.2, 0.25) is 0 Å². The van der Waals surface area contributed by atoms with Gasteiger partial charge in [0.1, 0.15) is 11.5 Å². The normalized spacial score (nSPS) is 26.4. The Balaban J connectivity index is 2.12. The molecule has 0 bridgehead atoms. The summed E-state index contributed by atoms with van der Waals surface area (Å²) in [4.78, 5) is 0. The first kappa shape index (κ1) is 9.68. The van der Waals surface area contributed by atoms with E-state index in [1.807, 2.05) is 13.0 Å². The molecule has 4 nitrogen and oxygen atoms in total. The summed E-state index contributed by atoms with van der Waals surface area (Å²) in [7, 11) is 0. The van der Waals surface area contributed by atoms with Gasteiger partial charge in [-0.05, 0) is 20.8 Å². The molecule has 1 saturated heterocycles. The second-order valence-corrected chi connectivity index (χ2v) is 4.57. The van der Waals surface area contributed by atoms with Crippen molar-refractivity contribution in [1.82, 2.24) is 15.8 Å². The van der Waals surface area contributed by atoms with Crippen molar-refractivity contribution >= 4 is 0 Å². The molecule has 1 aromatic rings. The van der Waals surface area contributed by atoms with Crippen LogP contribution in [-0.4, -0.2) is 23.8 Å². The Morgan fingerprint density at radius 1 is 1.57 bits per heavy atom. The number of piperazine rings is 1. The molecule has 2 N–H and O–H groups in total. The minimum Gasteiger partial charge on any atom is -0.361 e. The summed E-state index contributed by atoms with van der Waals surface area (Å²) in [5.74, 6) is 0.866. The summed E-state index contributed by atoms with van der Waals surface area (Å²) >= 11 is 0. The fraction of sp³-hybridized carbons (Fsp3) is 0.700. The van der Waals surface area contributed by atoms with Gasteiger partial charge >= 0.3 is 0 Å². The molecule has 1 aromatic heterocycles. The van der Waals surface area contributed by atoms with Crippen molar-refractivity contribution in [2.75, 3.05) is 13.1 Å². The molecule has 0 amide bonds. The maximum atomic E-state index is 5.07. The van der Waals surface area contributed by atoms with Crippen LogP contribution < -0.4 is 10.6 Å². The quantitative estimate of drug-likeness (QED) is 0.701. The lowest BCUT2D eigenvalue weighted by atomic mass is 9.99. The van der Waals surface area contributed by atoms with E-state index in [1.54, 1.807) is 0 Å². The summed E-state index contributed by atoms with van der Waals surface area (Å²) in [6.07, 6.45) is 0. The maximum Gasteiger partial charge on any atom is 0.133 e. The third-order valence-corrected chi connectivity index (χ3v) is 2.48. The lowest BCUT2D eigenvalue weighted by molar-refractivity contribution is 0.255. The fourth-order valence-corrected chi connectivity index (χ4v) is 1.83. The Bertz CT molecular complexity index is 319. The molecule has 1 aliphatic rings. The van der Waals surface area contributed by atoms with Crippen molar-refractivity contribution in [3.63, 3.8) is 0 Å². The first-order valence-corrected chi connectivity index (χ1v) is 4.98. The van der Waals surface area contributed by atoms with Crippen LogP contribution in [0, 0.1) is 6.92 Å². The van der Waals surface area contributed by atoms with Gasteiger partial charge in [0, 0.05) is 24.7 Å². The van der Waals surface area contributed by atoms with Crippen LogP contribution in [0.15, 0.2) is 10.6 Å². The molecule has 1 fully saturated rings. The Hall–Kier alpha value is -0.870. The molecule has 1 unspecified atom stereocenters. The smallest absolute Gasteiger partial charge is 0.133 e. The van der Waals surface area contributed by atoms with Crippen molar-refractivity contribution in [3.05, 3.63) is 17.5 Å². The number of rotatable bonds is 1. The highest BCUT2D eigenvalue weighted by Gasteiger charge is 2.28. The minimum absolute atomic E-state index is 0.121. The molecular weight excluding hydrogens is 178 g/mol. The van der Waals surface area contributed by atoms with Crippen molar-refractivity contribution in [2.45, 2.75) is 32.4 Å². The summed E-state index contributed by atoms with van der Waals surface area (Å²) in [5.41, 5.74) is 1.11. The van der Waals surface area contributed by atoms with Gasteiger partial charge in [0.25, 0.3) is 0 Å². The SMILES string of the molecule is Cc1cc(C2CNCC(C)(C)N2)no1. The predicted octanol–water partition coefficient (Wildman–Crippen LogP) is 0.996. The van der Waals surface area contributed by atoms with E-state index in [4.69, 9.17) is 4.52 Å². The Morgan fingerprint density at radius 3 is 2.93 bits per heavy atom. The fourth-order valence-electron chi connectivity index (χ4n) is 1.83. The molecule has 78 valence electrons. The molecule has 0 saturated carbocycles. The van der Waals surface area contributed by atoms with Gasteiger partial charge in [0.15, 0.2) is 0 Å². The second kappa shape index (κ2) is 3.37. The van der Waals surface area contributed by atoms with E-state index in [2.05, 4.69) is 29.6 Å². The zero-order valence-corrected chi connectivity index (χ0v) is 8.92. The number of nitrogens with one attached hydrogen (secondary N) is 2. The number of aryl methyl sites for hydroxylation is 1. The zero-order chi connectivity index (χ0) is 10.2. The topological polar surface area (TPSA) is 50.1 Å². The highest BCUT2D eigenvalue weighted by atomic mass is 16.5. The van der Waals surface area contributed by atoms with E-state index in [1.165, 1.54) is 0 Å². The van der Waals surface area contributed by atoms with Gasteiger partial charge in [-0.2, -0.15) is 0 Å². The molecule has 0 radical (unpaired) electrons. The standard InChI is InChI=1S/C10H17N3O/c1-7-4-8(13-14-7)9-5-11-6-10(2,3)12-9/h4,9,11-12H,5-6H2,1-3H3. The zero-order valence-electron chi connectivity index (χ0n) is 8.92. The van der Waals surface area contributed by atoms with Gasteiger partial charge in [0.2, 0.25) is 0 Å². The van der Waals surface area contributed by atoms with Crippen LogP contribution in [0.5, 0.6) is 0 Å². The Morgan fingerprint density at radius 2 is 2.36 bits per heavy atom. The van der Waals surface area contributed by atoms with Crippen LogP contribution >= 0.6 is 0 Å². The first-order chi connectivity index (χ1) is 6.57. The molecular formula is C10H17N3O. The van der Waals surface area contributed by atoms with Crippen molar-refractivity contribution in [2.24, 2.45) is 0 Å². The van der Waals surface area contributed by atoms with Crippen molar-refractivity contribution in [1.29, 1.82) is 0 Å². The van der Waals surface area contributed by atoms with Crippen molar-refractivity contribution < 1.29 is 4.52 Å². The van der Waals surface area contributed by atoms with Crippen molar-refractivity contribution in [3.8, 4) is 0 Å². The summed E-state index contributed by atoms with van der Waals surface area (Å²) < 4.78 is 5.07. The Labute approximate surface area is 84.0 Å². The molecule has 4 heteroatoms. The minimum atomic E-state index is 0.121. The van der Waals surface area contributed by atoms with Crippen LogP contribution in [0.25, 0.3) is 0 Å². The van der Waals surface area contributed by atoms with E-state index in [0.717, 1.165) is 24.5 Å². The van der Waals surface area contributed by atoms with E-state index in [9.17, 15) is 0 Å². The largest absolute Gasteiger partial charge is 0.361 e. The van der Waals surface area contributed by atoms with E-state index in [-0.39, 0.29) is 11.6 Å². The van der Waals surface area contributed by atoms with Crippen LogP contribution in [-0.2, 0) is 0 Å². The Kier molecular flexibility index (Phi) is 2.33. The molecule has 2 heterocycles. The third kappa shape index (κ3) is 1.96. The average Bonchev–Trinajstić information content (AvgIpc) is 2.50. The molecule has 1 atom stereocenters. The maximum absolute atomic E-state index is 5.07. The van der Waals surface area contributed by atoms with Crippen LogP contribution in [0.4, 0.5) is 0 Å². The molecule has 0 spiro atoms. The molecule has 2 rings (SSSR count). The number of nitrogens with zero attached hydrogens (tertiary/aromatic N) is 1. The van der Waals surface area contributed by atoms with Gasteiger partial charge in [0.05, 0.1) is 6.04 Å². The van der Waals surface area contributed by atoms with Gasteiger partial charge in [-0.15, -0.1) is 0 Å². The van der Waals surface area contributed by atoms with E-state index < -0.39 is 0 Å². The van der Waals surface area contributed by atoms with Gasteiger partial charge in [-0.1, -0.05) is 5.16 Å². The lowest BCUT2D eigenvalue weighted by Gasteiger charge is -2.36. The monoisotopic (exact) mass is 195 g/mol.